The van der Waals surface area contributed by atoms with Gasteiger partial charge in [-0.25, -0.2) is 4.79 Å². The molecule has 0 bridgehead atoms. The molecule has 1 aromatic rings. The van der Waals surface area contributed by atoms with E-state index in [9.17, 15) is 9.59 Å². The number of aliphatic imine (C=N–C) groups is 1. The van der Waals surface area contributed by atoms with Gasteiger partial charge >= 0.3 is 5.97 Å². The number of nitrogens with zero attached hydrogens (tertiary/aromatic N) is 2. The van der Waals surface area contributed by atoms with Gasteiger partial charge in [0.1, 0.15) is 6.54 Å². The molecule has 1 amide bonds. The first kappa shape index (κ1) is 18.7. The van der Waals surface area contributed by atoms with Gasteiger partial charge in [-0.1, -0.05) is 11.6 Å². The summed E-state index contributed by atoms with van der Waals surface area (Å²) in [4.78, 5) is 27.1. The quantitative estimate of drug-likeness (QED) is 0.638. The van der Waals surface area contributed by atoms with Crippen LogP contribution in [-0.4, -0.2) is 31.7 Å². The van der Waals surface area contributed by atoms with Crippen molar-refractivity contribution >= 4 is 35.4 Å². The standard InChI is InChI=1S/C16H18ClN3O3/c1-16(2,10-18)6-7-19-9-14(21)20-13-5-4-11(8-12(13)17)15(22)23-3/h4-5,7-8H,6,9H2,1-3H3,(H,20,21). The highest BCUT2D eigenvalue weighted by Crippen LogP contribution is 2.23. The fraction of sp³-hybridized carbons (Fsp3) is 0.375. The van der Waals surface area contributed by atoms with Crippen molar-refractivity contribution < 1.29 is 14.3 Å². The molecule has 1 N–H and O–H groups in total. The lowest BCUT2D eigenvalue weighted by Crippen LogP contribution is -2.16. The van der Waals surface area contributed by atoms with E-state index in [-0.39, 0.29) is 17.5 Å². The number of esters is 1. The van der Waals surface area contributed by atoms with Gasteiger partial charge in [0.05, 0.1) is 34.9 Å². The van der Waals surface area contributed by atoms with Crippen LogP contribution >= 0.6 is 11.6 Å². The van der Waals surface area contributed by atoms with Crippen molar-refractivity contribution in [3.05, 3.63) is 28.8 Å². The Labute approximate surface area is 140 Å². The molecule has 0 atom stereocenters. The number of nitriles is 1. The fourth-order valence-corrected chi connectivity index (χ4v) is 1.76. The highest BCUT2D eigenvalue weighted by Gasteiger charge is 2.14. The van der Waals surface area contributed by atoms with Crippen molar-refractivity contribution in [3.8, 4) is 6.07 Å². The van der Waals surface area contributed by atoms with Crippen LogP contribution in [0.3, 0.4) is 0 Å². The van der Waals surface area contributed by atoms with Crippen LogP contribution in [0.25, 0.3) is 0 Å². The third-order valence-electron chi connectivity index (χ3n) is 2.93. The van der Waals surface area contributed by atoms with Crippen molar-refractivity contribution in [2.45, 2.75) is 20.3 Å². The predicted octanol–water partition coefficient (Wildman–Crippen LogP) is 3.08. The first-order chi connectivity index (χ1) is 10.8. The summed E-state index contributed by atoms with van der Waals surface area (Å²) >= 11 is 6.02. The number of rotatable bonds is 6. The summed E-state index contributed by atoms with van der Waals surface area (Å²) in [5, 5.41) is 11.7. The smallest absolute Gasteiger partial charge is 0.337 e. The number of halogens is 1. The molecular weight excluding hydrogens is 318 g/mol. The van der Waals surface area contributed by atoms with Gasteiger partial charge in [-0.2, -0.15) is 5.26 Å². The molecule has 0 radical (unpaired) electrons. The lowest BCUT2D eigenvalue weighted by atomic mass is 9.92. The van der Waals surface area contributed by atoms with Crippen LogP contribution in [0.5, 0.6) is 0 Å². The Balaban J connectivity index is 2.60. The van der Waals surface area contributed by atoms with Gasteiger partial charge in [0.2, 0.25) is 5.91 Å². The maximum Gasteiger partial charge on any atom is 0.337 e. The molecule has 0 unspecified atom stereocenters. The Bertz CT molecular complexity index is 663. The maximum absolute atomic E-state index is 11.8. The Kier molecular flexibility index (Phi) is 6.73. The molecule has 0 aromatic heterocycles. The van der Waals surface area contributed by atoms with Gasteiger partial charge in [-0.15, -0.1) is 0 Å². The molecule has 1 rings (SSSR count). The van der Waals surface area contributed by atoms with Crippen LogP contribution in [0.4, 0.5) is 5.69 Å². The number of ether oxygens (including phenoxy) is 1. The minimum Gasteiger partial charge on any atom is -0.465 e. The lowest BCUT2D eigenvalue weighted by Gasteiger charge is -2.10. The number of anilines is 1. The number of methoxy groups -OCH3 is 1. The molecule has 23 heavy (non-hydrogen) atoms. The van der Waals surface area contributed by atoms with Crippen molar-refractivity contribution in [3.63, 3.8) is 0 Å². The molecule has 0 saturated heterocycles. The van der Waals surface area contributed by atoms with E-state index in [4.69, 9.17) is 16.9 Å². The summed E-state index contributed by atoms with van der Waals surface area (Å²) in [6, 6.07) is 6.60. The van der Waals surface area contributed by atoms with Crippen LogP contribution < -0.4 is 5.32 Å². The average Bonchev–Trinajstić information content (AvgIpc) is 2.52. The molecule has 0 spiro atoms. The summed E-state index contributed by atoms with van der Waals surface area (Å²) < 4.78 is 4.59. The minimum absolute atomic E-state index is 0.0728. The van der Waals surface area contributed by atoms with Crippen LogP contribution in [0.2, 0.25) is 5.02 Å². The topological polar surface area (TPSA) is 91.5 Å². The summed E-state index contributed by atoms with van der Waals surface area (Å²) in [7, 11) is 1.28. The van der Waals surface area contributed by atoms with Gasteiger partial charge in [0.25, 0.3) is 0 Å². The highest BCUT2D eigenvalue weighted by molar-refractivity contribution is 6.34. The van der Waals surface area contributed by atoms with Crippen molar-refractivity contribution in [1.29, 1.82) is 5.26 Å². The van der Waals surface area contributed by atoms with Crippen molar-refractivity contribution in [1.82, 2.24) is 0 Å². The van der Waals surface area contributed by atoms with E-state index in [1.807, 2.05) is 0 Å². The average molecular weight is 336 g/mol. The second kappa shape index (κ2) is 8.30. The third-order valence-corrected chi connectivity index (χ3v) is 3.25. The maximum atomic E-state index is 11.8. The summed E-state index contributed by atoms with van der Waals surface area (Å²) in [5.41, 5.74) is 0.177. The number of nitrogens with one attached hydrogen (secondary N) is 1. The van der Waals surface area contributed by atoms with Crippen LogP contribution in [0.15, 0.2) is 23.2 Å². The van der Waals surface area contributed by atoms with Crippen LogP contribution in [-0.2, 0) is 9.53 Å². The van der Waals surface area contributed by atoms with Crippen molar-refractivity contribution in [2.75, 3.05) is 19.0 Å². The fourth-order valence-electron chi connectivity index (χ4n) is 1.54. The van der Waals surface area contributed by atoms with E-state index in [2.05, 4.69) is 21.1 Å². The van der Waals surface area contributed by atoms with Gasteiger partial charge in [-0.3, -0.25) is 9.79 Å². The predicted molar refractivity (Wildman–Crippen MR) is 88.8 cm³/mol. The van der Waals surface area contributed by atoms with E-state index < -0.39 is 11.4 Å². The zero-order valence-electron chi connectivity index (χ0n) is 13.2. The largest absolute Gasteiger partial charge is 0.465 e. The lowest BCUT2D eigenvalue weighted by molar-refractivity contribution is -0.114. The molecule has 0 saturated carbocycles. The molecule has 0 aliphatic carbocycles. The van der Waals surface area contributed by atoms with E-state index in [0.29, 0.717) is 17.7 Å². The Morgan fingerprint density at radius 3 is 2.74 bits per heavy atom. The molecule has 0 heterocycles. The minimum atomic E-state index is -0.507. The molecule has 7 heteroatoms. The third kappa shape index (κ3) is 6.09. The second-order valence-electron chi connectivity index (χ2n) is 5.46. The summed E-state index contributed by atoms with van der Waals surface area (Å²) in [5.74, 6) is -0.849. The Hall–Kier alpha value is -2.39. The molecule has 122 valence electrons. The van der Waals surface area contributed by atoms with E-state index >= 15 is 0 Å². The number of hydrogen-bond acceptors (Lipinski definition) is 5. The van der Waals surface area contributed by atoms with Gasteiger partial charge in [-0.05, 0) is 32.0 Å². The van der Waals surface area contributed by atoms with E-state index in [1.54, 1.807) is 20.1 Å². The number of carbonyl (C=O) groups excluding carboxylic acids is 2. The molecule has 0 aliphatic heterocycles. The normalized spacial score (nSPS) is 11.1. The Morgan fingerprint density at radius 2 is 2.17 bits per heavy atom. The molecule has 0 fully saturated rings. The van der Waals surface area contributed by atoms with Crippen molar-refractivity contribution in [2.24, 2.45) is 10.4 Å². The van der Waals surface area contributed by atoms with Gasteiger partial charge in [0.15, 0.2) is 0 Å². The zero-order chi connectivity index (χ0) is 17.5. The Morgan fingerprint density at radius 1 is 1.48 bits per heavy atom. The molecular formula is C16H18ClN3O3. The number of amides is 1. The first-order valence-corrected chi connectivity index (χ1v) is 7.24. The SMILES string of the molecule is COC(=O)c1ccc(NC(=O)CN=CCC(C)(C)C#N)c(Cl)c1. The monoisotopic (exact) mass is 335 g/mol. The molecule has 0 aliphatic rings. The first-order valence-electron chi connectivity index (χ1n) is 6.86. The molecule has 6 nitrogen and oxygen atoms in total. The van der Waals surface area contributed by atoms with E-state index in [0.717, 1.165) is 0 Å². The van der Waals surface area contributed by atoms with Gasteiger partial charge in [0, 0.05) is 12.6 Å². The molecule has 1 aromatic carbocycles. The second-order valence-corrected chi connectivity index (χ2v) is 5.86. The zero-order valence-corrected chi connectivity index (χ0v) is 14.0. The highest BCUT2D eigenvalue weighted by atomic mass is 35.5. The number of benzene rings is 1. The van der Waals surface area contributed by atoms with Gasteiger partial charge < -0.3 is 10.1 Å². The van der Waals surface area contributed by atoms with E-state index in [1.165, 1.54) is 25.3 Å². The van der Waals surface area contributed by atoms with Crippen LogP contribution in [0, 0.1) is 16.7 Å². The van der Waals surface area contributed by atoms with Crippen LogP contribution in [0.1, 0.15) is 30.6 Å². The number of carbonyl (C=O) groups is 2. The summed E-state index contributed by atoms with van der Waals surface area (Å²) in [6.07, 6.45) is 2.02. The number of hydrogen-bond donors (Lipinski definition) is 1. The summed E-state index contributed by atoms with van der Waals surface area (Å²) in [6.45, 7) is 3.51.